The highest BCUT2D eigenvalue weighted by Crippen LogP contribution is 2.29. The molecule has 1 atom stereocenters. The second-order valence-electron chi connectivity index (χ2n) is 6.58. The summed E-state index contributed by atoms with van der Waals surface area (Å²) in [6, 6.07) is 6.58. The number of nitrogens with zero attached hydrogens (tertiary/aromatic N) is 1. The third-order valence-corrected chi connectivity index (χ3v) is 4.91. The number of hydrogen-bond acceptors (Lipinski definition) is 3. The van der Waals surface area contributed by atoms with Crippen LogP contribution < -0.4 is 4.74 Å². The lowest BCUT2D eigenvalue weighted by molar-refractivity contribution is -0.119. The van der Waals surface area contributed by atoms with E-state index in [0.717, 1.165) is 38.1 Å². The maximum atomic E-state index is 11.9. The zero-order chi connectivity index (χ0) is 17.9. The summed E-state index contributed by atoms with van der Waals surface area (Å²) in [5.74, 6) is 1.37. The first-order chi connectivity index (χ1) is 11.5. The highest BCUT2D eigenvalue weighted by atomic mass is 16.5. The van der Waals surface area contributed by atoms with Gasteiger partial charge in [0.15, 0.2) is 0 Å². The molecule has 136 valence electrons. The topological polar surface area (TPSA) is 29.5 Å². The molecule has 0 amide bonds. The predicted octanol–water partition coefficient (Wildman–Crippen LogP) is 5.32. The highest BCUT2D eigenvalue weighted by Gasteiger charge is 2.17. The number of benzene rings is 1. The molecule has 1 rings (SSSR count). The summed E-state index contributed by atoms with van der Waals surface area (Å²) in [6.45, 7) is 10.7. The zero-order valence-corrected chi connectivity index (χ0v) is 16.2. The van der Waals surface area contributed by atoms with Gasteiger partial charge in [0.05, 0.1) is 7.11 Å². The molecule has 0 fully saturated rings. The third-order valence-electron chi connectivity index (χ3n) is 4.91. The van der Waals surface area contributed by atoms with Crippen molar-refractivity contribution in [3.8, 4) is 5.75 Å². The molecule has 0 aliphatic rings. The molecule has 3 nitrogen and oxygen atoms in total. The first kappa shape index (κ1) is 20.7. The van der Waals surface area contributed by atoms with Crippen molar-refractivity contribution in [2.24, 2.45) is 0 Å². The summed E-state index contributed by atoms with van der Waals surface area (Å²) >= 11 is 0. The van der Waals surface area contributed by atoms with Gasteiger partial charge in [-0.3, -0.25) is 9.69 Å². The quantitative estimate of drug-likeness (QED) is 0.485. The van der Waals surface area contributed by atoms with E-state index >= 15 is 0 Å². The van der Waals surface area contributed by atoms with E-state index in [1.54, 1.807) is 7.11 Å². The van der Waals surface area contributed by atoms with Crippen LogP contribution in [-0.4, -0.2) is 30.9 Å². The average Bonchev–Trinajstić information content (AvgIpc) is 2.58. The standard InChI is InChI=1S/C21H35NO2/c1-6-8-9-12-19(23)13-11-16-22(7-2)18(4)20-14-10-15-21(24-5)17(20)3/h10,14-15,18H,6-9,11-13,16H2,1-5H3. The molecule has 0 radical (unpaired) electrons. The van der Waals surface area contributed by atoms with Crippen molar-refractivity contribution in [3.63, 3.8) is 0 Å². The zero-order valence-electron chi connectivity index (χ0n) is 16.2. The van der Waals surface area contributed by atoms with E-state index < -0.39 is 0 Å². The molecular formula is C21H35NO2. The van der Waals surface area contributed by atoms with Crippen molar-refractivity contribution >= 4 is 5.78 Å². The first-order valence-electron chi connectivity index (χ1n) is 9.44. The fourth-order valence-corrected chi connectivity index (χ4v) is 3.30. The molecular weight excluding hydrogens is 298 g/mol. The maximum absolute atomic E-state index is 11.9. The molecule has 1 aromatic rings. The Bertz CT molecular complexity index is 499. The molecule has 3 heteroatoms. The Labute approximate surface area is 148 Å². The predicted molar refractivity (Wildman–Crippen MR) is 102 cm³/mol. The molecule has 24 heavy (non-hydrogen) atoms. The number of unbranched alkanes of at least 4 members (excludes halogenated alkanes) is 2. The van der Waals surface area contributed by atoms with Gasteiger partial charge in [-0.05, 0) is 57.0 Å². The molecule has 0 aromatic heterocycles. The number of Topliss-reactive ketones (excluding diaryl/α,β-unsaturated/α-hetero) is 1. The Kier molecular flexibility index (Phi) is 9.70. The minimum Gasteiger partial charge on any atom is -0.496 e. The normalized spacial score (nSPS) is 12.4. The smallest absolute Gasteiger partial charge is 0.132 e. The molecule has 0 N–H and O–H groups in total. The maximum Gasteiger partial charge on any atom is 0.132 e. The minimum atomic E-state index is 0.334. The van der Waals surface area contributed by atoms with Crippen molar-refractivity contribution in [3.05, 3.63) is 29.3 Å². The number of hydrogen-bond donors (Lipinski definition) is 0. The Hall–Kier alpha value is -1.35. The van der Waals surface area contributed by atoms with Crippen LogP contribution in [0.5, 0.6) is 5.75 Å². The lowest BCUT2D eigenvalue weighted by atomic mass is 10.00. The van der Waals surface area contributed by atoms with Crippen LogP contribution in [0.25, 0.3) is 0 Å². The Morgan fingerprint density at radius 3 is 2.50 bits per heavy atom. The van der Waals surface area contributed by atoms with E-state index in [1.807, 2.05) is 6.07 Å². The van der Waals surface area contributed by atoms with E-state index in [2.05, 4.69) is 44.7 Å². The average molecular weight is 334 g/mol. The van der Waals surface area contributed by atoms with E-state index in [4.69, 9.17) is 4.74 Å². The van der Waals surface area contributed by atoms with E-state index in [-0.39, 0.29) is 0 Å². The minimum absolute atomic E-state index is 0.334. The Morgan fingerprint density at radius 2 is 1.88 bits per heavy atom. The Balaban J connectivity index is 2.55. The van der Waals surface area contributed by atoms with E-state index in [0.29, 0.717) is 18.2 Å². The lowest BCUT2D eigenvalue weighted by Crippen LogP contribution is -2.28. The highest BCUT2D eigenvalue weighted by molar-refractivity contribution is 5.78. The van der Waals surface area contributed by atoms with Gasteiger partial charge in [0.25, 0.3) is 0 Å². The number of ether oxygens (including phenoxy) is 1. The van der Waals surface area contributed by atoms with Crippen LogP contribution in [0.4, 0.5) is 0 Å². The van der Waals surface area contributed by atoms with Crippen molar-refractivity contribution in [2.45, 2.75) is 72.3 Å². The van der Waals surface area contributed by atoms with Gasteiger partial charge < -0.3 is 4.74 Å². The number of methoxy groups -OCH3 is 1. The molecule has 0 aliphatic heterocycles. The first-order valence-corrected chi connectivity index (χ1v) is 9.44. The molecule has 1 unspecified atom stereocenters. The van der Waals surface area contributed by atoms with Crippen LogP contribution in [0.2, 0.25) is 0 Å². The molecule has 0 heterocycles. The van der Waals surface area contributed by atoms with Gasteiger partial charge in [-0.15, -0.1) is 0 Å². The van der Waals surface area contributed by atoms with Gasteiger partial charge in [-0.2, -0.15) is 0 Å². The van der Waals surface area contributed by atoms with Gasteiger partial charge in [0.2, 0.25) is 0 Å². The Morgan fingerprint density at radius 1 is 1.17 bits per heavy atom. The van der Waals surface area contributed by atoms with Crippen molar-refractivity contribution in [1.82, 2.24) is 4.90 Å². The number of rotatable bonds is 12. The molecule has 0 spiro atoms. The van der Waals surface area contributed by atoms with Gasteiger partial charge in [0.1, 0.15) is 11.5 Å². The second-order valence-corrected chi connectivity index (χ2v) is 6.58. The fraction of sp³-hybridized carbons (Fsp3) is 0.667. The van der Waals surface area contributed by atoms with E-state index in [9.17, 15) is 4.79 Å². The van der Waals surface area contributed by atoms with E-state index in [1.165, 1.54) is 24.0 Å². The molecule has 0 saturated carbocycles. The second kappa shape index (κ2) is 11.2. The summed E-state index contributed by atoms with van der Waals surface area (Å²) in [4.78, 5) is 14.4. The van der Waals surface area contributed by atoms with Crippen LogP contribution in [0.3, 0.4) is 0 Å². The third kappa shape index (κ3) is 6.27. The van der Waals surface area contributed by atoms with Crippen LogP contribution in [-0.2, 0) is 4.79 Å². The van der Waals surface area contributed by atoms with Crippen molar-refractivity contribution < 1.29 is 9.53 Å². The van der Waals surface area contributed by atoms with Gasteiger partial charge >= 0.3 is 0 Å². The lowest BCUT2D eigenvalue weighted by Gasteiger charge is -2.29. The summed E-state index contributed by atoms with van der Waals surface area (Å²) in [7, 11) is 1.72. The summed E-state index contributed by atoms with van der Waals surface area (Å²) in [5.41, 5.74) is 2.52. The number of carbonyl (C=O) groups excluding carboxylic acids is 1. The monoisotopic (exact) mass is 333 g/mol. The van der Waals surface area contributed by atoms with Crippen LogP contribution in [0.1, 0.15) is 76.5 Å². The van der Waals surface area contributed by atoms with Crippen LogP contribution in [0, 0.1) is 6.92 Å². The van der Waals surface area contributed by atoms with Gasteiger partial charge in [-0.25, -0.2) is 0 Å². The number of ketones is 1. The van der Waals surface area contributed by atoms with Crippen molar-refractivity contribution in [2.75, 3.05) is 20.2 Å². The van der Waals surface area contributed by atoms with Gasteiger partial charge in [0, 0.05) is 18.9 Å². The van der Waals surface area contributed by atoms with Crippen LogP contribution in [0.15, 0.2) is 18.2 Å². The molecule has 0 aliphatic carbocycles. The molecule has 0 saturated heterocycles. The summed E-state index contributed by atoms with van der Waals surface area (Å²) < 4.78 is 5.45. The molecule has 1 aromatic carbocycles. The number of carbonyl (C=O) groups is 1. The molecule has 0 bridgehead atoms. The van der Waals surface area contributed by atoms with Crippen LogP contribution >= 0.6 is 0 Å². The van der Waals surface area contributed by atoms with Crippen molar-refractivity contribution in [1.29, 1.82) is 0 Å². The summed E-state index contributed by atoms with van der Waals surface area (Å²) in [6.07, 6.45) is 5.81. The largest absolute Gasteiger partial charge is 0.496 e. The van der Waals surface area contributed by atoms with Gasteiger partial charge in [-0.1, -0.05) is 38.8 Å². The summed E-state index contributed by atoms with van der Waals surface area (Å²) in [5, 5.41) is 0. The fourth-order valence-electron chi connectivity index (χ4n) is 3.30. The SMILES string of the molecule is CCCCCC(=O)CCCN(CC)C(C)c1cccc(OC)c1C.